The van der Waals surface area contributed by atoms with Crippen molar-refractivity contribution in [2.24, 2.45) is 5.10 Å². The van der Waals surface area contributed by atoms with Crippen LogP contribution in [0.2, 0.25) is 0 Å². The summed E-state index contributed by atoms with van der Waals surface area (Å²) >= 11 is 0. The highest BCUT2D eigenvalue weighted by atomic mass is 15.5. The molecule has 88 valence electrons. The summed E-state index contributed by atoms with van der Waals surface area (Å²) < 4.78 is 0. The van der Waals surface area contributed by atoms with Gasteiger partial charge in [-0.05, 0) is 27.6 Å². The highest BCUT2D eigenvalue weighted by Gasteiger charge is 1.94. The molecule has 6 nitrogen and oxygen atoms in total. The first-order valence-electron chi connectivity index (χ1n) is 5.43. The van der Waals surface area contributed by atoms with E-state index < -0.39 is 0 Å². The van der Waals surface area contributed by atoms with Crippen LogP contribution in [-0.2, 0) is 0 Å². The van der Waals surface area contributed by atoms with Crippen LogP contribution in [-0.4, -0.2) is 26.8 Å². The van der Waals surface area contributed by atoms with E-state index in [0.29, 0.717) is 5.95 Å². The van der Waals surface area contributed by atoms with Gasteiger partial charge >= 0.3 is 0 Å². The van der Waals surface area contributed by atoms with E-state index in [1.165, 1.54) is 10.8 Å². The zero-order valence-electron chi connectivity index (χ0n) is 9.41. The van der Waals surface area contributed by atoms with E-state index in [0.717, 1.165) is 5.56 Å². The van der Waals surface area contributed by atoms with Crippen LogP contribution in [0.4, 0.5) is 5.95 Å². The Hall–Kier alpha value is -2.76. The summed E-state index contributed by atoms with van der Waals surface area (Å²) in [7, 11) is 0. The Morgan fingerprint density at radius 2 is 2.00 bits per heavy atom. The molecule has 1 aromatic heterocycles. The minimum atomic E-state index is 0.340. The van der Waals surface area contributed by atoms with Gasteiger partial charge in [0.2, 0.25) is 0 Å². The number of benzene rings is 2. The van der Waals surface area contributed by atoms with Crippen molar-refractivity contribution in [1.82, 2.24) is 20.6 Å². The molecule has 0 spiro atoms. The smallest absolute Gasteiger partial charge is 0.243 e. The Morgan fingerprint density at radius 1 is 1.11 bits per heavy atom. The molecular formula is C12H10N6. The summed E-state index contributed by atoms with van der Waals surface area (Å²) in [5.74, 6) is 0.340. The third-order valence-electron chi connectivity index (χ3n) is 2.50. The first kappa shape index (κ1) is 10.4. The predicted octanol–water partition coefficient (Wildman–Crippen LogP) is 1.80. The molecule has 2 aromatic carbocycles. The molecule has 1 heterocycles. The molecule has 0 atom stereocenters. The Morgan fingerprint density at radius 3 is 2.83 bits per heavy atom. The minimum Gasteiger partial charge on any atom is -0.243 e. The molecule has 6 heteroatoms. The number of aromatic amines is 1. The van der Waals surface area contributed by atoms with Crippen molar-refractivity contribution in [1.29, 1.82) is 0 Å². The lowest BCUT2D eigenvalue weighted by atomic mass is 10.1. The molecular weight excluding hydrogens is 228 g/mol. The normalized spacial score (nSPS) is 11.1. The second kappa shape index (κ2) is 4.62. The van der Waals surface area contributed by atoms with Crippen molar-refractivity contribution in [2.45, 2.75) is 0 Å². The van der Waals surface area contributed by atoms with Crippen LogP contribution in [0.15, 0.2) is 47.6 Å². The maximum Gasteiger partial charge on any atom is 0.283 e. The number of H-pyrrole nitrogens is 1. The van der Waals surface area contributed by atoms with Crippen LogP contribution in [0.5, 0.6) is 0 Å². The first-order valence-corrected chi connectivity index (χ1v) is 5.43. The number of aromatic nitrogens is 4. The summed E-state index contributed by atoms with van der Waals surface area (Å²) in [6.07, 6.45) is 1.71. The summed E-state index contributed by atoms with van der Waals surface area (Å²) in [4.78, 5) is 0. The van der Waals surface area contributed by atoms with Gasteiger partial charge in [-0.25, -0.2) is 5.43 Å². The standard InChI is InChI=1S/C12H10N6/c1-2-4-11-7-9(5-6-10(11)3-1)8-13-14-12-15-17-18-16-12/h1-8H,(H2,14,15,16,17,18)/b13-8+. The van der Waals surface area contributed by atoms with Crippen LogP contribution >= 0.6 is 0 Å². The summed E-state index contributed by atoms with van der Waals surface area (Å²) in [5.41, 5.74) is 3.68. The van der Waals surface area contributed by atoms with Crippen molar-refractivity contribution in [3.05, 3.63) is 48.0 Å². The average molecular weight is 238 g/mol. The van der Waals surface area contributed by atoms with Crippen molar-refractivity contribution in [2.75, 3.05) is 5.43 Å². The van der Waals surface area contributed by atoms with Gasteiger partial charge in [0.25, 0.3) is 5.95 Å². The molecule has 0 bridgehead atoms. The van der Waals surface area contributed by atoms with Crippen LogP contribution in [0.25, 0.3) is 10.8 Å². The summed E-state index contributed by atoms with van der Waals surface area (Å²) in [5, 5.41) is 19.6. The average Bonchev–Trinajstić information content (AvgIpc) is 2.92. The fraction of sp³-hybridized carbons (Fsp3) is 0. The number of hydrogen-bond acceptors (Lipinski definition) is 5. The summed E-state index contributed by atoms with van der Waals surface area (Å²) in [6, 6.07) is 14.3. The molecule has 3 rings (SSSR count). The Balaban J connectivity index is 1.80. The van der Waals surface area contributed by atoms with Gasteiger partial charge in [0, 0.05) is 0 Å². The first-order chi connectivity index (χ1) is 8.92. The number of tetrazole rings is 1. The number of nitrogens with zero attached hydrogens (tertiary/aromatic N) is 4. The van der Waals surface area contributed by atoms with Crippen LogP contribution in [0, 0.1) is 0 Å². The largest absolute Gasteiger partial charge is 0.283 e. The van der Waals surface area contributed by atoms with Gasteiger partial charge in [-0.1, -0.05) is 41.5 Å². The molecule has 0 saturated heterocycles. The van der Waals surface area contributed by atoms with Gasteiger partial charge in [-0.2, -0.15) is 10.3 Å². The van der Waals surface area contributed by atoms with E-state index in [9.17, 15) is 0 Å². The Labute approximate surface area is 103 Å². The van der Waals surface area contributed by atoms with Gasteiger partial charge < -0.3 is 0 Å². The van der Waals surface area contributed by atoms with Crippen molar-refractivity contribution in [3.8, 4) is 0 Å². The molecule has 0 aliphatic rings. The van der Waals surface area contributed by atoms with E-state index in [4.69, 9.17) is 0 Å². The third kappa shape index (κ3) is 2.17. The Kier molecular flexibility index (Phi) is 2.67. The number of hydrogen-bond donors (Lipinski definition) is 2. The van der Waals surface area contributed by atoms with Crippen LogP contribution < -0.4 is 5.43 Å². The fourth-order valence-corrected chi connectivity index (χ4v) is 1.66. The zero-order valence-corrected chi connectivity index (χ0v) is 9.41. The van der Waals surface area contributed by atoms with E-state index >= 15 is 0 Å². The molecule has 18 heavy (non-hydrogen) atoms. The number of fused-ring (bicyclic) bond motifs is 1. The molecule has 3 aromatic rings. The van der Waals surface area contributed by atoms with Gasteiger partial charge in [0.1, 0.15) is 0 Å². The molecule has 0 fully saturated rings. The highest BCUT2D eigenvalue weighted by molar-refractivity contribution is 5.90. The maximum atomic E-state index is 4.03. The van der Waals surface area contributed by atoms with Gasteiger partial charge in [-0.15, -0.1) is 5.10 Å². The van der Waals surface area contributed by atoms with Crippen molar-refractivity contribution in [3.63, 3.8) is 0 Å². The van der Waals surface area contributed by atoms with Crippen LogP contribution in [0.3, 0.4) is 0 Å². The lowest BCUT2D eigenvalue weighted by Gasteiger charge is -1.98. The van der Waals surface area contributed by atoms with E-state index in [-0.39, 0.29) is 0 Å². The van der Waals surface area contributed by atoms with E-state index in [2.05, 4.69) is 55.4 Å². The number of nitrogens with one attached hydrogen (secondary N) is 2. The van der Waals surface area contributed by atoms with Gasteiger partial charge in [-0.3, -0.25) is 0 Å². The second-order valence-electron chi connectivity index (χ2n) is 3.71. The van der Waals surface area contributed by atoms with Gasteiger partial charge in [0.15, 0.2) is 0 Å². The highest BCUT2D eigenvalue weighted by Crippen LogP contribution is 2.14. The zero-order chi connectivity index (χ0) is 12.2. The number of rotatable bonds is 3. The van der Waals surface area contributed by atoms with Crippen molar-refractivity contribution < 1.29 is 0 Å². The monoisotopic (exact) mass is 238 g/mol. The second-order valence-corrected chi connectivity index (χ2v) is 3.71. The predicted molar refractivity (Wildman–Crippen MR) is 69.3 cm³/mol. The molecule has 2 N–H and O–H groups in total. The molecule has 0 radical (unpaired) electrons. The van der Waals surface area contributed by atoms with Crippen molar-refractivity contribution >= 4 is 22.9 Å². The lowest BCUT2D eigenvalue weighted by Crippen LogP contribution is -1.92. The summed E-state index contributed by atoms with van der Waals surface area (Å²) in [6.45, 7) is 0. The molecule has 0 aliphatic carbocycles. The molecule has 0 saturated carbocycles. The molecule has 0 amide bonds. The fourth-order valence-electron chi connectivity index (χ4n) is 1.66. The quantitative estimate of drug-likeness (QED) is 0.538. The number of anilines is 1. The third-order valence-corrected chi connectivity index (χ3v) is 2.50. The van der Waals surface area contributed by atoms with E-state index in [1.54, 1.807) is 6.21 Å². The van der Waals surface area contributed by atoms with E-state index in [1.807, 2.05) is 18.2 Å². The topological polar surface area (TPSA) is 78.9 Å². The molecule has 0 aliphatic heterocycles. The lowest BCUT2D eigenvalue weighted by molar-refractivity contribution is 0.881. The Bertz CT molecular complexity index is 674. The molecule has 0 unspecified atom stereocenters. The van der Waals surface area contributed by atoms with Crippen LogP contribution in [0.1, 0.15) is 5.56 Å². The maximum absolute atomic E-state index is 4.03. The van der Waals surface area contributed by atoms with Gasteiger partial charge in [0.05, 0.1) is 6.21 Å². The number of hydrazone groups is 1. The SMILES string of the molecule is C(=N\Nc1nn[nH]n1)/c1ccc2ccccc2c1. The minimum absolute atomic E-state index is 0.340.